The molecule has 1 aromatic rings. The Kier molecular flexibility index (Phi) is 11.9. The van der Waals surface area contributed by atoms with Crippen LogP contribution in [0.1, 0.15) is 26.2 Å². The molecule has 4 nitrogen and oxygen atoms in total. The molecule has 0 bridgehead atoms. The van der Waals surface area contributed by atoms with Gasteiger partial charge >= 0.3 is 0 Å². The van der Waals surface area contributed by atoms with E-state index in [1.807, 2.05) is 42.7 Å². The van der Waals surface area contributed by atoms with E-state index in [0.717, 1.165) is 29.3 Å². The number of methoxy groups -OCH3 is 1. The van der Waals surface area contributed by atoms with Gasteiger partial charge in [-0.3, -0.25) is 4.99 Å². The summed E-state index contributed by atoms with van der Waals surface area (Å²) in [5.41, 5.74) is 0. The number of halogens is 1. The van der Waals surface area contributed by atoms with Crippen LogP contribution in [0.15, 0.2) is 34.2 Å². The summed E-state index contributed by atoms with van der Waals surface area (Å²) in [7, 11) is 3.58. The molecule has 2 N–H and O–H groups in total. The normalized spacial score (nSPS) is 21.0. The molecule has 3 unspecified atom stereocenters. The zero-order chi connectivity index (χ0) is 18.1. The molecule has 7 heteroatoms. The summed E-state index contributed by atoms with van der Waals surface area (Å²) in [5.74, 6) is 3.47. The average Bonchev–Trinajstić information content (AvgIpc) is 3.11. The molecule has 1 saturated carbocycles. The third kappa shape index (κ3) is 7.76. The number of para-hydroxylation sites is 1. The minimum Gasteiger partial charge on any atom is -0.496 e. The van der Waals surface area contributed by atoms with Gasteiger partial charge in [0.15, 0.2) is 5.96 Å². The number of hydrogen-bond acceptors (Lipinski definition) is 4. The van der Waals surface area contributed by atoms with Gasteiger partial charge < -0.3 is 15.4 Å². The molecule has 26 heavy (non-hydrogen) atoms. The zero-order valence-electron chi connectivity index (χ0n) is 16.2. The second-order valence-electron chi connectivity index (χ2n) is 6.53. The van der Waals surface area contributed by atoms with Crippen molar-refractivity contribution >= 4 is 53.5 Å². The molecule has 0 aromatic heterocycles. The molecule has 1 aromatic carbocycles. The summed E-state index contributed by atoms with van der Waals surface area (Å²) in [6.45, 7) is 3.18. The van der Waals surface area contributed by atoms with E-state index in [2.05, 4.69) is 40.9 Å². The second-order valence-corrected chi connectivity index (χ2v) is 8.73. The number of rotatable bonds is 8. The first kappa shape index (κ1) is 23.8. The largest absolute Gasteiger partial charge is 0.496 e. The van der Waals surface area contributed by atoms with Crippen molar-refractivity contribution in [3.8, 4) is 5.75 Å². The molecular formula is C19H32IN3OS2. The molecule has 148 valence electrons. The van der Waals surface area contributed by atoms with Crippen molar-refractivity contribution in [3.63, 3.8) is 0 Å². The second kappa shape index (κ2) is 13.0. The van der Waals surface area contributed by atoms with Crippen LogP contribution in [0.2, 0.25) is 0 Å². The van der Waals surface area contributed by atoms with Gasteiger partial charge in [-0.25, -0.2) is 0 Å². The van der Waals surface area contributed by atoms with Crippen LogP contribution in [-0.4, -0.2) is 50.0 Å². The molecule has 0 saturated heterocycles. The topological polar surface area (TPSA) is 45.7 Å². The summed E-state index contributed by atoms with van der Waals surface area (Å²) in [6, 6.07) is 8.76. The SMILES string of the molecule is CN=C(NCC(C)CSc1ccccc1OC)NC1CCC(SC)C1.I. The van der Waals surface area contributed by atoms with Crippen molar-refractivity contribution in [3.05, 3.63) is 24.3 Å². The van der Waals surface area contributed by atoms with Gasteiger partial charge in [0.25, 0.3) is 0 Å². The number of hydrogen-bond donors (Lipinski definition) is 2. The highest BCUT2D eigenvalue weighted by Crippen LogP contribution is 2.30. The molecule has 0 heterocycles. The number of nitrogens with one attached hydrogen (secondary N) is 2. The van der Waals surface area contributed by atoms with Gasteiger partial charge in [-0.05, 0) is 43.6 Å². The molecule has 1 aliphatic carbocycles. The lowest BCUT2D eigenvalue weighted by Crippen LogP contribution is -2.44. The molecule has 1 fully saturated rings. The Bertz CT molecular complexity index is 559. The van der Waals surface area contributed by atoms with E-state index >= 15 is 0 Å². The van der Waals surface area contributed by atoms with Crippen LogP contribution in [0.4, 0.5) is 0 Å². The maximum atomic E-state index is 5.42. The van der Waals surface area contributed by atoms with Crippen LogP contribution >= 0.6 is 47.5 Å². The molecule has 1 aliphatic rings. The number of nitrogens with zero attached hydrogens (tertiary/aromatic N) is 1. The Balaban J connectivity index is 0.00000338. The first-order chi connectivity index (χ1) is 12.2. The summed E-state index contributed by atoms with van der Waals surface area (Å²) in [5, 5.41) is 7.86. The van der Waals surface area contributed by atoms with Gasteiger partial charge in [-0.1, -0.05) is 19.1 Å². The van der Waals surface area contributed by atoms with Gasteiger partial charge in [-0.15, -0.1) is 35.7 Å². The van der Waals surface area contributed by atoms with Crippen molar-refractivity contribution in [1.82, 2.24) is 10.6 Å². The van der Waals surface area contributed by atoms with Crippen molar-refractivity contribution in [2.24, 2.45) is 10.9 Å². The van der Waals surface area contributed by atoms with Crippen LogP contribution < -0.4 is 15.4 Å². The molecule has 2 rings (SSSR count). The first-order valence-electron chi connectivity index (χ1n) is 8.92. The Hall–Kier alpha value is -0.280. The van der Waals surface area contributed by atoms with Crippen molar-refractivity contribution in [1.29, 1.82) is 0 Å². The summed E-state index contributed by atoms with van der Waals surface area (Å²) >= 11 is 3.83. The molecule has 0 radical (unpaired) electrons. The number of aliphatic imine (C=N–C) groups is 1. The fraction of sp³-hybridized carbons (Fsp3) is 0.632. The molecule has 3 atom stereocenters. The quantitative estimate of drug-likeness (QED) is 0.234. The Morgan fingerprint density at radius 2 is 2.12 bits per heavy atom. The van der Waals surface area contributed by atoms with E-state index in [0.29, 0.717) is 12.0 Å². The minimum atomic E-state index is 0. The maximum absolute atomic E-state index is 5.42. The molecule has 0 aliphatic heterocycles. The van der Waals surface area contributed by atoms with E-state index < -0.39 is 0 Å². The summed E-state index contributed by atoms with van der Waals surface area (Å²) in [6.07, 6.45) is 6.00. The lowest BCUT2D eigenvalue weighted by Gasteiger charge is -2.19. The smallest absolute Gasteiger partial charge is 0.191 e. The molecule has 0 amide bonds. The summed E-state index contributed by atoms with van der Waals surface area (Å²) in [4.78, 5) is 5.58. The lowest BCUT2D eigenvalue weighted by atomic mass is 10.2. The fourth-order valence-corrected chi connectivity index (χ4v) is 4.82. The van der Waals surface area contributed by atoms with E-state index in [4.69, 9.17) is 4.74 Å². The lowest BCUT2D eigenvalue weighted by molar-refractivity contribution is 0.405. The maximum Gasteiger partial charge on any atom is 0.191 e. The van der Waals surface area contributed by atoms with Crippen LogP contribution in [-0.2, 0) is 0 Å². The highest BCUT2D eigenvalue weighted by molar-refractivity contribution is 14.0. The van der Waals surface area contributed by atoms with Crippen LogP contribution in [0, 0.1) is 5.92 Å². The van der Waals surface area contributed by atoms with E-state index in [9.17, 15) is 0 Å². The van der Waals surface area contributed by atoms with Crippen molar-refractivity contribution in [2.75, 3.05) is 32.7 Å². The third-order valence-electron chi connectivity index (χ3n) is 4.49. The number of thioether (sulfide) groups is 2. The van der Waals surface area contributed by atoms with Gasteiger partial charge in [0.05, 0.1) is 7.11 Å². The fourth-order valence-electron chi connectivity index (χ4n) is 2.97. The van der Waals surface area contributed by atoms with Crippen LogP contribution in [0.5, 0.6) is 5.75 Å². The van der Waals surface area contributed by atoms with Crippen molar-refractivity contribution in [2.45, 2.75) is 42.4 Å². The van der Waals surface area contributed by atoms with E-state index in [1.54, 1.807) is 7.11 Å². The molecular weight excluding hydrogens is 477 g/mol. The van der Waals surface area contributed by atoms with Gasteiger partial charge in [0.2, 0.25) is 0 Å². The summed E-state index contributed by atoms with van der Waals surface area (Å²) < 4.78 is 5.42. The monoisotopic (exact) mass is 509 g/mol. The van der Waals surface area contributed by atoms with Crippen molar-refractivity contribution < 1.29 is 4.74 Å². The Morgan fingerprint density at radius 3 is 2.77 bits per heavy atom. The zero-order valence-corrected chi connectivity index (χ0v) is 20.1. The van der Waals surface area contributed by atoms with E-state index in [1.165, 1.54) is 24.2 Å². The predicted octanol–water partition coefficient (Wildman–Crippen LogP) is 4.49. The van der Waals surface area contributed by atoms with Gasteiger partial charge in [0, 0.05) is 35.5 Å². The Morgan fingerprint density at radius 1 is 1.35 bits per heavy atom. The molecule has 0 spiro atoms. The number of ether oxygens (including phenoxy) is 1. The Labute approximate surface area is 184 Å². The highest BCUT2D eigenvalue weighted by atomic mass is 127. The third-order valence-corrected chi connectivity index (χ3v) is 6.97. The predicted molar refractivity (Wildman–Crippen MR) is 128 cm³/mol. The van der Waals surface area contributed by atoms with E-state index in [-0.39, 0.29) is 24.0 Å². The standard InChI is InChI=1S/C19H31N3OS2.HI/c1-14(13-25-18-8-6-5-7-17(18)23-3)12-21-19(20-2)22-15-9-10-16(11-15)24-4;/h5-8,14-16H,9-13H2,1-4H3,(H2,20,21,22);1H. The first-order valence-corrected chi connectivity index (χ1v) is 11.2. The number of guanidine groups is 1. The van der Waals surface area contributed by atoms with Crippen LogP contribution in [0.25, 0.3) is 0 Å². The highest BCUT2D eigenvalue weighted by Gasteiger charge is 2.24. The van der Waals surface area contributed by atoms with Gasteiger partial charge in [0.1, 0.15) is 5.75 Å². The van der Waals surface area contributed by atoms with Crippen LogP contribution in [0.3, 0.4) is 0 Å². The minimum absolute atomic E-state index is 0. The average molecular weight is 510 g/mol. The number of benzene rings is 1. The van der Waals surface area contributed by atoms with Gasteiger partial charge in [-0.2, -0.15) is 11.8 Å².